The summed E-state index contributed by atoms with van der Waals surface area (Å²) in [5, 5.41) is 2.72. The van der Waals surface area contributed by atoms with E-state index in [1.54, 1.807) is 7.05 Å². The third-order valence-corrected chi connectivity index (χ3v) is 3.76. The van der Waals surface area contributed by atoms with Crippen molar-refractivity contribution in [3.05, 3.63) is 12.4 Å². The van der Waals surface area contributed by atoms with Crippen molar-refractivity contribution in [3.63, 3.8) is 0 Å². The molecular formula is C11H20N4O3S. The molecule has 0 radical (unpaired) electrons. The molecule has 19 heavy (non-hydrogen) atoms. The molecule has 0 amide bonds. The van der Waals surface area contributed by atoms with Crippen LogP contribution < -0.4 is 10.0 Å². The predicted molar refractivity (Wildman–Crippen MR) is 72.5 cm³/mol. The van der Waals surface area contributed by atoms with Gasteiger partial charge in [0.05, 0.1) is 19.0 Å². The maximum atomic E-state index is 11.9. The highest BCUT2D eigenvalue weighted by atomic mass is 32.2. The zero-order valence-electron chi connectivity index (χ0n) is 11.2. The van der Waals surface area contributed by atoms with Gasteiger partial charge in [0.25, 0.3) is 0 Å². The van der Waals surface area contributed by atoms with E-state index in [-0.39, 0.29) is 11.4 Å². The number of aromatic nitrogens is 2. The molecule has 0 saturated heterocycles. The number of nitrogens with zero attached hydrogens (tertiary/aromatic N) is 2. The molecule has 0 aliphatic rings. The first-order valence-corrected chi connectivity index (χ1v) is 7.65. The molecule has 1 rings (SSSR count). The smallest absolute Gasteiger partial charge is 0.243 e. The van der Waals surface area contributed by atoms with Gasteiger partial charge in [-0.25, -0.2) is 23.1 Å². The van der Waals surface area contributed by atoms with E-state index in [1.807, 2.05) is 0 Å². The van der Waals surface area contributed by atoms with Crippen LogP contribution in [0.5, 0.6) is 0 Å². The van der Waals surface area contributed by atoms with Gasteiger partial charge in [-0.3, -0.25) is 0 Å². The van der Waals surface area contributed by atoms with Crippen LogP contribution >= 0.6 is 0 Å². The molecule has 2 N–H and O–H groups in total. The van der Waals surface area contributed by atoms with Crippen LogP contribution in [-0.4, -0.2) is 45.2 Å². The van der Waals surface area contributed by atoms with Crippen LogP contribution in [0.3, 0.4) is 0 Å². The van der Waals surface area contributed by atoms with Crippen LogP contribution in [-0.2, 0) is 14.8 Å². The molecule has 1 heterocycles. The van der Waals surface area contributed by atoms with E-state index in [1.165, 1.54) is 12.4 Å². The Morgan fingerprint density at radius 2 is 1.95 bits per heavy atom. The summed E-state index contributed by atoms with van der Waals surface area (Å²) in [5.41, 5.74) is 0. The molecule has 1 aromatic heterocycles. The average molecular weight is 288 g/mol. The normalized spacial score (nSPS) is 11.5. The molecular weight excluding hydrogens is 268 g/mol. The summed E-state index contributed by atoms with van der Waals surface area (Å²) in [4.78, 5) is 7.76. The predicted octanol–water partition coefficient (Wildman–Crippen LogP) is 0.613. The molecule has 0 unspecified atom stereocenters. The highest BCUT2D eigenvalue weighted by Crippen LogP contribution is 2.06. The highest BCUT2D eigenvalue weighted by Gasteiger charge is 2.14. The highest BCUT2D eigenvalue weighted by molar-refractivity contribution is 7.89. The van der Waals surface area contributed by atoms with Crippen molar-refractivity contribution in [1.29, 1.82) is 0 Å². The molecule has 0 aromatic carbocycles. The Kier molecular flexibility index (Phi) is 6.68. The molecule has 108 valence electrons. The second kappa shape index (κ2) is 8.03. The van der Waals surface area contributed by atoms with Gasteiger partial charge in [0, 0.05) is 20.2 Å². The Balaban J connectivity index is 2.42. The SMILES string of the molecule is CCCCOCCNS(=O)(=O)c1cnc(NC)nc1. The van der Waals surface area contributed by atoms with Gasteiger partial charge in [0.1, 0.15) is 4.90 Å². The summed E-state index contributed by atoms with van der Waals surface area (Å²) in [6.45, 7) is 3.31. The van der Waals surface area contributed by atoms with E-state index < -0.39 is 10.0 Å². The second-order valence-corrected chi connectivity index (χ2v) is 5.62. The van der Waals surface area contributed by atoms with Crippen LogP contribution in [0.4, 0.5) is 5.95 Å². The van der Waals surface area contributed by atoms with Crippen LogP contribution in [0.25, 0.3) is 0 Å². The van der Waals surface area contributed by atoms with Crippen molar-refractivity contribution in [2.45, 2.75) is 24.7 Å². The molecule has 0 spiro atoms. The summed E-state index contributed by atoms with van der Waals surface area (Å²) in [7, 11) is -1.90. The first-order valence-electron chi connectivity index (χ1n) is 6.17. The van der Waals surface area contributed by atoms with Crippen molar-refractivity contribution in [1.82, 2.24) is 14.7 Å². The summed E-state index contributed by atoms with van der Waals surface area (Å²) in [5.74, 6) is 0.377. The number of sulfonamides is 1. The molecule has 7 nitrogen and oxygen atoms in total. The molecule has 0 saturated carbocycles. The lowest BCUT2D eigenvalue weighted by atomic mass is 10.4. The molecule has 0 aliphatic carbocycles. The number of hydrogen-bond acceptors (Lipinski definition) is 6. The van der Waals surface area contributed by atoms with Gasteiger partial charge in [0.2, 0.25) is 16.0 Å². The Bertz CT molecular complexity index is 461. The van der Waals surface area contributed by atoms with Crippen LogP contribution in [0.15, 0.2) is 17.3 Å². The van der Waals surface area contributed by atoms with E-state index in [4.69, 9.17) is 4.74 Å². The van der Waals surface area contributed by atoms with Gasteiger partial charge >= 0.3 is 0 Å². The standard InChI is InChI=1S/C11H20N4O3S/c1-3-4-6-18-7-5-15-19(16,17)10-8-13-11(12-2)14-9-10/h8-9,15H,3-7H2,1-2H3,(H,12,13,14). The van der Waals surface area contributed by atoms with Crippen LogP contribution in [0.2, 0.25) is 0 Å². The van der Waals surface area contributed by atoms with Crippen molar-refractivity contribution < 1.29 is 13.2 Å². The molecule has 8 heteroatoms. The lowest BCUT2D eigenvalue weighted by Crippen LogP contribution is -2.27. The zero-order valence-corrected chi connectivity index (χ0v) is 12.0. The van der Waals surface area contributed by atoms with Gasteiger partial charge < -0.3 is 10.1 Å². The maximum absolute atomic E-state index is 11.9. The summed E-state index contributed by atoms with van der Waals surface area (Å²) in [6.07, 6.45) is 4.56. The van der Waals surface area contributed by atoms with E-state index in [9.17, 15) is 8.42 Å². The maximum Gasteiger partial charge on any atom is 0.243 e. The van der Waals surface area contributed by atoms with E-state index in [0.29, 0.717) is 19.2 Å². The van der Waals surface area contributed by atoms with Crippen molar-refractivity contribution in [2.24, 2.45) is 0 Å². The monoisotopic (exact) mass is 288 g/mol. The minimum atomic E-state index is -3.56. The van der Waals surface area contributed by atoms with E-state index in [0.717, 1.165) is 12.8 Å². The first kappa shape index (κ1) is 15.8. The summed E-state index contributed by atoms with van der Waals surface area (Å²) >= 11 is 0. The van der Waals surface area contributed by atoms with Gasteiger partial charge in [-0.15, -0.1) is 0 Å². The minimum absolute atomic E-state index is 0.0417. The summed E-state index contributed by atoms with van der Waals surface area (Å²) in [6, 6.07) is 0. The van der Waals surface area contributed by atoms with E-state index >= 15 is 0 Å². The third-order valence-electron chi connectivity index (χ3n) is 2.34. The minimum Gasteiger partial charge on any atom is -0.380 e. The number of anilines is 1. The van der Waals surface area contributed by atoms with Gasteiger partial charge in [-0.1, -0.05) is 13.3 Å². The summed E-state index contributed by atoms with van der Waals surface area (Å²) < 4.78 is 31.4. The fourth-order valence-corrected chi connectivity index (χ4v) is 2.17. The second-order valence-electron chi connectivity index (χ2n) is 3.86. The van der Waals surface area contributed by atoms with Gasteiger partial charge in [-0.2, -0.15) is 0 Å². The van der Waals surface area contributed by atoms with E-state index in [2.05, 4.69) is 26.9 Å². The fourth-order valence-electron chi connectivity index (χ4n) is 1.26. The Labute approximate surface area is 113 Å². The lowest BCUT2D eigenvalue weighted by Gasteiger charge is -2.07. The molecule has 0 fully saturated rings. The number of nitrogens with one attached hydrogen (secondary N) is 2. The lowest BCUT2D eigenvalue weighted by molar-refractivity contribution is 0.136. The topological polar surface area (TPSA) is 93.2 Å². The van der Waals surface area contributed by atoms with Gasteiger partial charge in [0.15, 0.2) is 0 Å². The average Bonchev–Trinajstić information content (AvgIpc) is 2.43. The number of ether oxygens (including phenoxy) is 1. The molecule has 0 aliphatic heterocycles. The largest absolute Gasteiger partial charge is 0.380 e. The fraction of sp³-hybridized carbons (Fsp3) is 0.636. The van der Waals surface area contributed by atoms with Crippen molar-refractivity contribution in [3.8, 4) is 0 Å². The molecule has 0 atom stereocenters. The number of hydrogen-bond donors (Lipinski definition) is 2. The van der Waals surface area contributed by atoms with Crippen molar-refractivity contribution in [2.75, 3.05) is 32.1 Å². The number of rotatable bonds is 9. The first-order chi connectivity index (χ1) is 9.10. The Hall–Kier alpha value is -1.25. The van der Waals surface area contributed by atoms with Gasteiger partial charge in [-0.05, 0) is 6.42 Å². The molecule has 0 bridgehead atoms. The molecule has 1 aromatic rings. The Morgan fingerprint density at radius 1 is 1.26 bits per heavy atom. The quantitative estimate of drug-likeness (QED) is 0.647. The number of unbranched alkanes of at least 4 members (excludes halogenated alkanes) is 1. The van der Waals surface area contributed by atoms with Crippen molar-refractivity contribution >= 4 is 16.0 Å². The van der Waals surface area contributed by atoms with Crippen LogP contribution in [0, 0.1) is 0 Å². The van der Waals surface area contributed by atoms with Crippen LogP contribution in [0.1, 0.15) is 19.8 Å². The third kappa shape index (κ3) is 5.50. The Morgan fingerprint density at radius 3 is 2.53 bits per heavy atom. The zero-order chi connectivity index (χ0) is 14.1.